The van der Waals surface area contributed by atoms with Crippen molar-refractivity contribution in [2.45, 2.75) is 6.92 Å². The van der Waals surface area contributed by atoms with E-state index >= 15 is 0 Å². The van der Waals surface area contributed by atoms with Gasteiger partial charge in [-0.3, -0.25) is 0 Å². The minimum atomic E-state index is 0.539. The monoisotopic (exact) mass is 109 g/mol. The van der Waals surface area contributed by atoms with Gasteiger partial charge < -0.3 is 4.43 Å². The summed E-state index contributed by atoms with van der Waals surface area (Å²) in [6.45, 7) is 1.72. The molecule has 0 aliphatic carbocycles. The Morgan fingerprint density at radius 2 is 2.20 bits per heavy atom. The van der Waals surface area contributed by atoms with Crippen molar-refractivity contribution in [3.8, 4) is 0 Å². The summed E-state index contributed by atoms with van der Waals surface area (Å²) >= 11 is 5.19. The summed E-state index contributed by atoms with van der Waals surface area (Å²) < 4.78 is 4.57. The van der Waals surface area contributed by atoms with E-state index in [0.717, 1.165) is 0 Å². The van der Waals surface area contributed by atoms with Crippen molar-refractivity contribution in [2.24, 2.45) is 0 Å². The van der Waals surface area contributed by atoms with Crippen LogP contribution in [0.3, 0.4) is 0 Å². The molecule has 3 heteroatoms. The van der Waals surface area contributed by atoms with Gasteiger partial charge in [0.15, 0.2) is 5.56 Å². The lowest BCUT2D eigenvalue weighted by Crippen LogP contribution is -1.80. The zero-order chi connectivity index (χ0) is 4.28. The van der Waals surface area contributed by atoms with Crippen LogP contribution in [0.25, 0.3) is 0 Å². The second-order valence-corrected chi connectivity index (χ2v) is 1.61. The minimum Gasteiger partial charge on any atom is -0.407 e. The number of hydrogen-bond acceptors (Lipinski definition) is 1. The van der Waals surface area contributed by atoms with E-state index in [0.29, 0.717) is 16.0 Å². The highest BCUT2D eigenvalue weighted by molar-refractivity contribution is 6.26. The molecule has 1 radical (unpaired) electrons. The highest BCUT2D eigenvalue weighted by Crippen LogP contribution is 2.00. The molecule has 0 fully saturated rings. The molecule has 1 nitrogen and oxygen atoms in total. The van der Waals surface area contributed by atoms with E-state index < -0.39 is 0 Å². The van der Waals surface area contributed by atoms with Gasteiger partial charge in [0.25, 0.3) is 0 Å². The van der Waals surface area contributed by atoms with E-state index in [1.807, 2.05) is 0 Å². The average Bonchev–Trinajstić information content (AvgIpc) is 1.38. The fourth-order valence-corrected chi connectivity index (χ4v) is 0. The molecule has 0 spiro atoms. The molecular weight excluding hydrogens is 104 g/mol. The molecule has 0 bridgehead atoms. The van der Waals surface area contributed by atoms with E-state index in [1.165, 1.54) is 0 Å². The molecule has 31 valence electrons. The summed E-state index contributed by atoms with van der Waals surface area (Å²) in [7, 11) is 0.704. The molecule has 0 unspecified atom stereocenters. The largest absolute Gasteiger partial charge is 0.407 e. The van der Waals surface area contributed by atoms with Crippen molar-refractivity contribution < 1.29 is 4.43 Å². The van der Waals surface area contributed by atoms with Crippen molar-refractivity contribution in [1.29, 1.82) is 0 Å². The first-order chi connectivity index (χ1) is 2.27. The van der Waals surface area contributed by atoms with E-state index in [9.17, 15) is 0 Å². The van der Waals surface area contributed by atoms with E-state index in [4.69, 9.17) is 11.6 Å². The number of hydrogen-bond donors (Lipinski definition) is 0. The van der Waals surface area contributed by atoms with Gasteiger partial charge in [-0.2, -0.15) is 0 Å². The third kappa shape index (κ3) is 4.47. The van der Waals surface area contributed by atoms with Gasteiger partial charge in [0.05, 0.1) is 0 Å². The molecular formula is C2H6ClOSi. The SMILES string of the molecule is C[C](Cl)O[SiH3]. The normalized spacial score (nSPS) is 10.2. The maximum absolute atomic E-state index is 5.19. The first-order valence-electron chi connectivity index (χ1n) is 1.30. The van der Waals surface area contributed by atoms with Crippen LogP contribution in [0, 0.1) is 5.56 Å². The predicted molar refractivity (Wildman–Crippen MR) is 25.8 cm³/mol. The summed E-state index contributed by atoms with van der Waals surface area (Å²) in [5.41, 5.74) is 0.539. The number of rotatable bonds is 1. The summed E-state index contributed by atoms with van der Waals surface area (Å²) in [6, 6.07) is 0. The van der Waals surface area contributed by atoms with Crippen LogP contribution in [0.5, 0.6) is 0 Å². The minimum absolute atomic E-state index is 0.539. The first-order valence-corrected chi connectivity index (χ1v) is 2.50. The third-order valence-electron chi connectivity index (χ3n) is 0.281. The van der Waals surface area contributed by atoms with Crippen LogP contribution < -0.4 is 0 Å². The number of halogens is 1. The highest BCUT2D eigenvalue weighted by atomic mass is 35.5. The van der Waals surface area contributed by atoms with Gasteiger partial charge in [0, 0.05) is 0 Å². The second kappa shape index (κ2) is 2.69. The summed E-state index contributed by atoms with van der Waals surface area (Å²) in [4.78, 5) is 0. The standard InChI is InChI=1S/C2H6ClOSi/c1-2(3)4-5/h1,5H3. The second-order valence-electron chi connectivity index (χ2n) is 0.674. The van der Waals surface area contributed by atoms with E-state index in [1.54, 1.807) is 6.92 Å². The van der Waals surface area contributed by atoms with Gasteiger partial charge >= 0.3 is 0 Å². The van der Waals surface area contributed by atoms with Crippen LogP contribution in [0.1, 0.15) is 6.92 Å². The van der Waals surface area contributed by atoms with Crippen LogP contribution in [0.4, 0.5) is 0 Å². The lowest BCUT2D eigenvalue weighted by molar-refractivity contribution is 0.431. The van der Waals surface area contributed by atoms with Gasteiger partial charge in [0.1, 0.15) is 10.5 Å². The Hall–Kier alpha value is 0.467. The summed E-state index contributed by atoms with van der Waals surface area (Å²) in [5, 5.41) is 0. The van der Waals surface area contributed by atoms with Crippen molar-refractivity contribution in [3.63, 3.8) is 0 Å². The smallest absolute Gasteiger partial charge is 0.170 e. The topological polar surface area (TPSA) is 9.23 Å². The van der Waals surface area contributed by atoms with Gasteiger partial charge in [0.2, 0.25) is 0 Å². The molecule has 5 heavy (non-hydrogen) atoms. The van der Waals surface area contributed by atoms with Crippen LogP contribution >= 0.6 is 11.6 Å². The average molecular weight is 110 g/mol. The molecule has 0 aromatic heterocycles. The molecule has 0 amide bonds. The van der Waals surface area contributed by atoms with Crippen LogP contribution in [-0.4, -0.2) is 10.5 Å². The van der Waals surface area contributed by atoms with Crippen molar-refractivity contribution in [2.75, 3.05) is 0 Å². The maximum atomic E-state index is 5.19. The molecule has 0 saturated carbocycles. The Labute approximate surface area is 39.8 Å². The molecule has 0 N–H and O–H groups in total. The van der Waals surface area contributed by atoms with Crippen molar-refractivity contribution in [1.82, 2.24) is 0 Å². The molecule has 0 aromatic carbocycles. The Balaban J connectivity index is 2.54. The van der Waals surface area contributed by atoms with Crippen LogP contribution in [0.2, 0.25) is 0 Å². The van der Waals surface area contributed by atoms with Crippen LogP contribution in [0.15, 0.2) is 0 Å². The fraction of sp³-hybridized carbons (Fsp3) is 0.500. The van der Waals surface area contributed by atoms with Gasteiger partial charge in [-0.25, -0.2) is 0 Å². The first kappa shape index (κ1) is 5.47. The molecule has 0 rings (SSSR count). The zero-order valence-electron chi connectivity index (χ0n) is 3.29. The Morgan fingerprint density at radius 1 is 2.00 bits per heavy atom. The van der Waals surface area contributed by atoms with Gasteiger partial charge in [-0.15, -0.1) is 0 Å². The van der Waals surface area contributed by atoms with E-state index in [2.05, 4.69) is 4.43 Å². The summed E-state index contributed by atoms with van der Waals surface area (Å²) in [6.07, 6.45) is 0. The third-order valence-corrected chi connectivity index (χ3v) is 1.31. The zero-order valence-corrected chi connectivity index (χ0v) is 6.04. The fourth-order valence-electron chi connectivity index (χ4n) is 0. The molecule has 0 aliphatic rings. The predicted octanol–water partition coefficient (Wildman–Crippen LogP) is 0.0316. The van der Waals surface area contributed by atoms with Crippen LogP contribution in [-0.2, 0) is 4.43 Å². The lowest BCUT2D eigenvalue weighted by Gasteiger charge is -1.90. The van der Waals surface area contributed by atoms with Gasteiger partial charge in [-0.1, -0.05) is 11.6 Å². The molecule has 0 heterocycles. The summed E-state index contributed by atoms with van der Waals surface area (Å²) in [5.74, 6) is 0. The van der Waals surface area contributed by atoms with Crippen molar-refractivity contribution in [3.05, 3.63) is 5.56 Å². The molecule has 0 aliphatic heterocycles. The van der Waals surface area contributed by atoms with E-state index in [-0.39, 0.29) is 0 Å². The quantitative estimate of drug-likeness (QED) is 0.432. The highest BCUT2D eigenvalue weighted by Gasteiger charge is 1.84. The Morgan fingerprint density at radius 3 is 2.20 bits per heavy atom. The molecule has 0 aromatic rings. The van der Waals surface area contributed by atoms with Gasteiger partial charge in [-0.05, 0) is 6.92 Å². The lowest BCUT2D eigenvalue weighted by atomic mass is 10.9. The van der Waals surface area contributed by atoms with Crippen molar-refractivity contribution >= 4 is 22.1 Å². The molecule has 0 atom stereocenters. The Kier molecular flexibility index (Phi) is 2.94. The molecule has 0 saturated heterocycles. The maximum Gasteiger partial charge on any atom is 0.170 e. The Bertz CT molecular complexity index is 23.6.